The number of carbonyl (C=O) groups is 1. The second kappa shape index (κ2) is 8.83. The average Bonchev–Trinajstić information content (AvgIpc) is 3.29. The van der Waals surface area contributed by atoms with Gasteiger partial charge < -0.3 is 9.90 Å². The molecule has 0 N–H and O–H groups in total. The van der Waals surface area contributed by atoms with Crippen LogP contribution in [0.1, 0.15) is 29.0 Å². The Morgan fingerprint density at radius 1 is 0.829 bits per heavy atom. The Morgan fingerprint density at radius 2 is 1.51 bits per heavy atom. The second-order valence-electron chi connectivity index (χ2n) is 9.96. The number of nitrogens with zero attached hydrogens (tertiary/aromatic N) is 1. The van der Waals surface area contributed by atoms with Gasteiger partial charge in [0.2, 0.25) is 0 Å². The molecule has 1 fully saturated rings. The Hall–Kier alpha value is -3.69. The number of benzene rings is 4. The van der Waals surface area contributed by atoms with Gasteiger partial charge in [-0.2, -0.15) is 0 Å². The van der Waals surface area contributed by atoms with Crippen molar-refractivity contribution in [2.24, 2.45) is 11.3 Å². The van der Waals surface area contributed by atoms with Gasteiger partial charge in [0.15, 0.2) is 0 Å². The van der Waals surface area contributed by atoms with Crippen LogP contribution in [0.5, 0.6) is 0 Å². The van der Waals surface area contributed by atoms with E-state index in [1.165, 1.54) is 16.3 Å². The van der Waals surface area contributed by atoms with Crippen LogP contribution in [-0.4, -0.2) is 24.0 Å². The molecule has 0 saturated carbocycles. The van der Waals surface area contributed by atoms with Gasteiger partial charge in [0.25, 0.3) is 0 Å². The summed E-state index contributed by atoms with van der Waals surface area (Å²) < 4.78 is 0. The molecule has 3 nitrogen and oxygen atoms in total. The average molecular weight is 459 g/mol. The number of aliphatic carboxylic acids is 1. The Bertz CT molecular complexity index is 1400. The van der Waals surface area contributed by atoms with Crippen LogP contribution in [-0.2, 0) is 11.3 Å². The molecule has 1 aliphatic carbocycles. The fraction of sp³-hybridized carbons (Fsp3) is 0.219. The van der Waals surface area contributed by atoms with E-state index >= 15 is 0 Å². The molecule has 0 aromatic heterocycles. The number of fused-ring (bicyclic) bond motifs is 2. The number of carbonyl (C=O) groups excluding carboxylic acids is 1. The highest BCUT2D eigenvalue weighted by molar-refractivity contribution is 5.89. The first-order chi connectivity index (χ1) is 17.1. The molecule has 35 heavy (non-hydrogen) atoms. The van der Waals surface area contributed by atoms with Crippen LogP contribution in [0, 0.1) is 11.3 Å². The summed E-state index contributed by atoms with van der Waals surface area (Å²) >= 11 is 0. The summed E-state index contributed by atoms with van der Waals surface area (Å²) in [6, 6.07) is 35.3. The summed E-state index contributed by atoms with van der Waals surface area (Å²) in [6.07, 6.45) is 2.98. The van der Waals surface area contributed by atoms with Crippen molar-refractivity contribution in [2.75, 3.05) is 13.1 Å². The lowest BCUT2D eigenvalue weighted by Crippen LogP contribution is -2.53. The van der Waals surface area contributed by atoms with E-state index < -0.39 is 11.4 Å². The van der Waals surface area contributed by atoms with E-state index in [9.17, 15) is 9.90 Å². The van der Waals surface area contributed by atoms with E-state index in [-0.39, 0.29) is 11.8 Å². The first-order valence-corrected chi connectivity index (χ1v) is 12.4. The maximum absolute atomic E-state index is 13.2. The number of rotatable bonds is 5. The number of likely N-dealkylation sites (tertiary alicyclic amines) is 1. The summed E-state index contributed by atoms with van der Waals surface area (Å²) in [6.45, 7) is 1.92. The maximum atomic E-state index is 13.2. The predicted molar refractivity (Wildman–Crippen MR) is 138 cm³/mol. The highest BCUT2D eigenvalue weighted by Gasteiger charge is 2.55. The summed E-state index contributed by atoms with van der Waals surface area (Å²) in [5, 5.41) is 15.5. The lowest BCUT2D eigenvalue weighted by Gasteiger charge is -2.46. The molecule has 3 heteroatoms. The zero-order chi connectivity index (χ0) is 23.8. The molecule has 1 heterocycles. The molecule has 1 saturated heterocycles. The monoisotopic (exact) mass is 458 g/mol. The molecule has 6 rings (SSSR count). The van der Waals surface area contributed by atoms with Crippen molar-refractivity contribution in [3.8, 4) is 0 Å². The number of hydrogen-bond donors (Lipinski definition) is 0. The fourth-order valence-corrected chi connectivity index (χ4v) is 6.41. The first kappa shape index (κ1) is 21.8. The zero-order valence-electron chi connectivity index (χ0n) is 19.6. The van der Waals surface area contributed by atoms with Gasteiger partial charge in [-0.15, -0.1) is 0 Å². The van der Waals surface area contributed by atoms with Crippen LogP contribution in [0.15, 0.2) is 109 Å². The largest absolute Gasteiger partial charge is 0.549 e. The molecule has 1 aliphatic heterocycles. The van der Waals surface area contributed by atoms with E-state index in [0.717, 1.165) is 23.2 Å². The van der Waals surface area contributed by atoms with Crippen molar-refractivity contribution in [3.63, 3.8) is 0 Å². The molecule has 4 aromatic rings. The van der Waals surface area contributed by atoms with Crippen molar-refractivity contribution < 1.29 is 9.90 Å². The summed E-state index contributed by atoms with van der Waals surface area (Å²) in [7, 11) is 0. The number of hydrogen-bond acceptors (Lipinski definition) is 3. The Labute approximate surface area is 206 Å². The normalized spacial score (nSPS) is 24.2. The van der Waals surface area contributed by atoms with Crippen molar-refractivity contribution in [3.05, 3.63) is 126 Å². The SMILES string of the molecule is O=C([O-])C12CN(Cc3ccccc3)CC1C(c1ccc3ccccc3c1)=CCC2c1ccccc1. The molecule has 174 valence electrons. The molecule has 0 spiro atoms. The summed E-state index contributed by atoms with van der Waals surface area (Å²) in [5.41, 5.74) is 3.56. The van der Waals surface area contributed by atoms with Crippen molar-refractivity contribution in [1.29, 1.82) is 0 Å². The Kier molecular flexibility index (Phi) is 5.50. The second-order valence-corrected chi connectivity index (χ2v) is 9.96. The van der Waals surface area contributed by atoms with Gasteiger partial charge >= 0.3 is 0 Å². The van der Waals surface area contributed by atoms with Crippen LogP contribution >= 0.6 is 0 Å². The number of allylic oxidation sites excluding steroid dienone is 1. The van der Waals surface area contributed by atoms with E-state index in [4.69, 9.17) is 0 Å². The molecule has 3 atom stereocenters. The number of carboxylic acids is 1. The summed E-state index contributed by atoms with van der Waals surface area (Å²) in [4.78, 5) is 15.5. The standard InChI is InChI=1S/C32H29NO2/c34-31(35)32-22-33(20-23-9-3-1-4-10-23)21-30(32)28(17-18-29(32)25-12-5-2-6-13-25)27-16-15-24-11-7-8-14-26(24)19-27/h1-17,19,29-30H,18,20-22H2,(H,34,35)/p-1. The van der Waals surface area contributed by atoms with Gasteiger partial charge in [0.1, 0.15) is 0 Å². The molecule has 4 aromatic carbocycles. The van der Waals surface area contributed by atoms with Crippen LogP contribution in [0.4, 0.5) is 0 Å². The van der Waals surface area contributed by atoms with E-state index in [2.05, 4.69) is 71.6 Å². The van der Waals surface area contributed by atoms with Gasteiger partial charge in [-0.25, -0.2) is 0 Å². The first-order valence-electron chi connectivity index (χ1n) is 12.4. The van der Waals surface area contributed by atoms with Crippen molar-refractivity contribution in [1.82, 2.24) is 4.90 Å². The summed E-state index contributed by atoms with van der Waals surface area (Å²) in [5.74, 6) is -1.20. The van der Waals surface area contributed by atoms with Gasteiger partial charge in [0.05, 0.1) is 5.97 Å². The Morgan fingerprint density at radius 3 is 2.26 bits per heavy atom. The number of carboxylic acid groups (broad SMARTS) is 1. The topological polar surface area (TPSA) is 43.4 Å². The van der Waals surface area contributed by atoms with E-state index in [0.29, 0.717) is 19.5 Å². The fourth-order valence-electron chi connectivity index (χ4n) is 6.41. The van der Waals surface area contributed by atoms with Crippen LogP contribution in [0.2, 0.25) is 0 Å². The minimum atomic E-state index is -0.980. The van der Waals surface area contributed by atoms with Gasteiger partial charge in [-0.1, -0.05) is 103 Å². The minimum Gasteiger partial charge on any atom is -0.549 e. The van der Waals surface area contributed by atoms with Crippen molar-refractivity contribution >= 4 is 22.3 Å². The zero-order valence-corrected chi connectivity index (χ0v) is 19.6. The Balaban J connectivity index is 1.46. The molecule has 0 bridgehead atoms. The lowest BCUT2D eigenvalue weighted by atomic mass is 9.59. The molecular weight excluding hydrogens is 430 g/mol. The molecular formula is C32H28NO2-. The van der Waals surface area contributed by atoms with Gasteiger partial charge in [-0.05, 0) is 45.5 Å². The third-order valence-corrected chi connectivity index (χ3v) is 8.03. The van der Waals surface area contributed by atoms with Gasteiger partial charge in [0, 0.05) is 36.9 Å². The van der Waals surface area contributed by atoms with Crippen LogP contribution < -0.4 is 5.11 Å². The molecule has 0 amide bonds. The minimum absolute atomic E-state index is 0.122. The predicted octanol–water partition coefficient (Wildman–Crippen LogP) is 5.28. The van der Waals surface area contributed by atoms with Crippen LogP contribution in [0.25, 0.3) is 16.3 Å². The van der Waals surface area contributed by atoms with E-state index in [1.807, 2.05) is 42.5 Å². The van der Waals surface area contributed by atoms with Crippen molar-refractivity contribution in [2.45, 2.75) is 18.9 Å². The maximum Gasteiger partial charge on any atom is 0.0501 e. The lowest BCUT2D eigenvalue weighted by molar-refractivity contribution is -0.321. The van der Waals surface area contributed by atoms with Crippen LogP contribution in [0.3, 0.4) is 0 Å². The third-order valence-electron chi connectivity index (χ3n) is 8.03. The van der Waals surface area contributed by atoms with E-state index in [1.54, 1.807) is 0 Å². The highest BCUT2D eigenvalue weighted by atomic mass is 16.4. The third kappa shape index (κ3) is 3.77. The quantitative estimate of drug-likeness (QED) is 0.409. The smallest absolute Gasteiger partial charge is 0.0501 e. The molecule has 3 unspecified atom stereocenters. The highest BCUT2D eigenvalue weighted by Crippen LogP contribution is 2.56. The molecule has 0 radical (unpaired) electrons. The molecule has 2 aliphatic rings. The van der Waals surface area contributed by atoms with Gasteiger partial charge in [-0.3, -0.25) is 4.90 Å².